The summed E-state index contributed by atoms with van der Waals surface area (Å²) >= 11 is 0. The fourth-order valence-electron chi connectivity index (χ4n) is 8.04. The van der Waals surface area contributed by atoms with Crippen LogP contribution in [0.1, 0.15) is 107 Å². The molecule has 0 fully saturated rings. The second-order valence-corrected chi connectivity index (χ2v) is 19.5. The van der Waals surface area contributed by atoms with Crippen LogP contribution >= 0.6 is 0 Å². The second kappa shape index (κ2) is 17.2. The molecule has 63 heavy (non-hydrogen) atoms. The van der Waals surface area contributed by atoms with Gasteiger partial charge in [-0.3, -0.25) is 9.55 Å². The average molecular weight is 1020 g/mol. The maximum absolute atomic E-state index is 9.08. The van der Waals surface area contributed by atoms with E-state index in [-0.39, 0.29) is 60.5 Å². The third-order valence-corrected chi connectivity index (χ3v) is 11.6. The van der Waals surface area contributed by atoms with Gasteiger partial charge in [-0.15, -0.1) is 29.3 Å². The predicted octanol–water partition coefficient (Wildman–Crippen LogP) is 15.5. The molecule has 0 amide bonds. The molecule has 0 atom stereocenters. The van der Waals surface area contributed by atoms with Crippen LogP contribution in [-0.4, -0.2) is 14.5 Å². The fourth-order valence-corrected chi connectivity index (χ4v) is 8.04. The number of ether oxygens (including phenoxy) is 1. The molecule has 0 radical (unpaired) electrons. The van der Waals surface area contributed by atoms with Crippen LogP contribution in [0.2, 0.25) is 0 Å². The van der Waals surface area contributed by atoms with Gasteiger partial charge < -0.3 is 4.74 Å². The molecule has 0 spiro atoms. The first kappa shape index (κ1) is 35.8. The summed E-state index contributed by atoms with van der Waals surface area (Å²) in [6, 6.07) is 31.3. The molecular formula is C58H59N3OPt. The number of fused-ring (bicyclic) bond motifs is 1. The Bertz CT molecular complexity index is 3330. The van der Waals surface area contributed by atoms with Crippen molar-refractivity contribution in [2.75, 3.05) is 0 Å². The number of hydrogen-bond donors (Lipinski definition) is 0. The first-order chi connectivity index (χ1) is 32.6. The molecule has 8 aromatic rings. The maximum Gasteiger partial charge on any atom is 2.00 e. The number of imidazole rings is 1. The molecule has 6 aromatic carbocycles. The van der Waals surface area contributed by atoms with Crippen LogP contribution in [0.5, 0.6) is 5.75 Å². The minimum absolute atomic E-state index is 0. The molecule has 2 heterocycles. The maximum atomic E-state index is 9.08. The van der Waals surface area contributed by atoms with Crippen molar-refractivity contribution in [3.8, 4) is 67.5 Å². The number of benzene rings is 6. The smallest absolute Gasteiger partial charge is 0.665 e. The minimum Gasteiger partial charge on any atom is -0.665 e. The Kier molecular flexibility index (Phi) is 9.78. The van der Waals surface area contributed by atoms with Gasteiger partial charge in [-0.05, 0) is 117 Å². The molecule has 0 saturated carbocycles. The zero-order chi connectivity index (χ0) is 51.2. The number of aromatic nitrogens is 3. The van der Waals surface area contributed by atoms with Gasteiger partial charge in [0.2, 0.25) is 0 Å². The summed E-state index contributed by atoms with van der Waals surface area (Å²) < 4.78 is 77.2. The molecule has 0 aliphatic heterocycles. The summed E-state index contributed by atoms with van der Waals surface area (Å²) in [5.41, 5.74) is 11.7. The van der Waals surface area contributed by atoms with E-state index in [2.05, 4.69) is 99.8 Å². The standard InChI is InChI=1S/C58H59N3O.Pt/c1-36-26-38(3)54(62-13)49(27-36)55-60-53-48(43-29-44(33-45(32-43)56(4,5)6)50-34-41(24-25-59-50)39-18-15-14-16-19-39)20-17-21-52(53)61(55)51-23-22-40(28-37(51)2)42-30-46(57(7,8)9)35-47(31-42)58(10,11)12;/h14-28,30-35H,13H2,1-12H3;/q-2;+2/i2D3,14D,15D,16D,18D,19D;. The van der Waals surface area contributed by atoms with E-state index in [0.717, 1.165) is 44.5 Å². The van der Waals surface area contributed by atoms with Crippen molar-refractivity contribution >= 4 is 11.0 Å². The summed E-state index contributed by atoms with van der Waals surface area (Å²) in [4.78, 5) is 10.2. The zero-order valence-corrected chi connectivity index (χ0v) is 40.3. The van der Waals surface area contributed by atoms with E-state index in [1.807, 2.05) is 66.9 Å². The van der Waals surface area contributed by atoms with Crippen LogP contribution in [0.15, 0.2) is 127 Å². The number of aryl methyl sites for hydroxylation is 3. The summed E-state index contributed by atoms with van der Waals surface area (Å²) in [7, 11) is 3.84. The van der Waals surface area contributed by atoms with E-state index in [4.69, 9.17) is 25.7 Å². The summed E-state index contributed by atoms with van der Waals surface area (Å²) in [6.07, 6.45) is 1.57. The van der Waals surface area contributed by atoms with Gasteiger partial charge >= 0.3 is 21.1 Å². The molecular weight excluding hydrogens is 950 g/mol. The Hall–Kier alpha value is -5.57. The Morgan fingerprint density at radius 3 is 1.95 bits per heavy atom. The molecule has 0 aliphatic rings. The first-order valence-electron chi connectivity index (χ1n) is 25.1. The van der Waals surface area contributed by atoms with Crippen LogP contribution in [0.4, 0.5) is 0 Å². The molecule has 8 rings (SSSR count). The van der Waals surface area contributed by atoms with Gasteiger partial charge in [0, 0.05) is 16.0 Å². The van der Waals surface area contributed by atoms with E-state index in [0.29, 0.717) is 56.2 Å². The number of hydrogen-bond acceptors (Lipinski definition) is 3. The fraction of sp³-hybridized carbons (Fsp3) is 0.259. The van der Waals surface area contributed by atoms with E-state index in [9.17, 15) is 0 Å². The molecule has 5 heteroatoms. The van der Waals surface area contributed by atoms with E-state index in [1.165, 1.54) is 0 Å². The number of nitrogens with zero attached hydrogens (tertiary/aromatic N) is 3. The van der Waals surface area contributed by atoms with Gasteiger partial charge in [-0.1, -0.05) is 152 Å². The Labute approximate surface area is 401 Å². The second-order valence-electron chi connectivity index (χ2n) is 19.5. The van der Waals surface area contributed by atoms with Crippen molar-refractivity contribution in [1.29, 1.82) is 0 Å². The molecule has 0 saturated heterocycles. The SMILES string of the molecule is [2H]c1c([2H])c([2H])c(-c2ccnc(-c3[c-]c(-c4cccc5c4nc(-c4cc(C)cc(C)c4O[CH2-])n5-c4ccc(-c5cc(C(C)(C)C)cc(C(C)(C)C)c5)cc4C([2H])([2H])[2H])cc(C(C)(C)C)c3)c2)c([2H])c1[2H].[Pt+2]. The Morgan fingerprint density at radius 2 is 1.30 bits per heavy atom. The van der Waals surface area contributed by atoms with Gasteiger partial charge in [0.05, 0.1) is 34.9 Å². The third kappa shape index (κ3) is 9.11. The van der Waals surface area contributed by atoms with Crippen molar-refractivity contribution in [2.45, 2.75) is 99.3 Å². The normalized spacial score (nSPS) is 14.1. The van der Waals surface area contributed by atoms with Gasteiger partial charge in [0.25, 0.3) is 0 Å². The van der Waals surface area contributed by atoms with Crippen LogP contribution in [0, 0.1) is 33.9 Å². The van der Waals surface area contributed by atoms with Gasteiger partial charge in [0.15, 0.2) is 0 Å². The van der Waals surface area contributed by atoms with E-state index >= 15 is 0 Å². The monoisotopic (exact) mass is 1020 g/mol. The Balaban J connectivity index is 0.00000741. The quantitative estimate of drug-likeness (QED) is 0.149. The van der Waals surface area contributed by atoms with Crippen LogP contribution in [-0.2, 0) is 37.3 Å². The predicted molar refractivity (Wildman–Crippen MR) is 261 cm³/mol. The third-order valence-electron chi connectivity index (χ3n) is 11.6. The van der Waals surface area contributed by atoms with Crippen LogP contribution in [0.3, 0.4) is 0 Å². The number of para-hydroxylation sites is 1. The molecule has 0 bridgehead atoms. The van der Waals surface area contributed by atoms with Crippen LogP contribution < -0.4 is 4.74 Å². The van der Waals surface area contributed by atoms with Gasteiger partial charge in [-0.25, -0.2) is 4.98 Å². The van der Waals surface area contributed by atoms with Crippen molar-refractivity contribution in [3.05, 3.63) is 174 Å². The first-order valence-corrected chi connectivity index (χ1v) is 21.1. The largest absolute Gasteiger partial charge is 2.00 e. The van der Waals surface area contributed by atoms with Crippen molar-refractivity contribution in [1.82, 2.24) is 14.5 Å². The number of pyridine rings is 1. The minimum atomic E-state index is -2.54. The van der Waals surface area contributed by atoms with Crippen LogP contribution in [0.25, 0.3) is 72.7 Å². The molecule has 2 aromatic heterocycles. The zero-order valence-electron chi connectivity index (χ0n) is 46.0. The van der Waals surface area contributed by atoms with E-state index < -0.39 is 25.0 Å². The molecule has 0 unspecified atom stereocenters. The summed E-state index contributed by atoms with van der Waals surface area (Å²) in [6.45, 7) is 20.9. The summed E-state index contributed by atoms with van der Waals surface area (Å²) in [5, 5.41) is 0. The van der Waals surface area contributed by atoms with Crippen molar-refractivity contribution in [2.24, 2.45) is 0 Å². The topological polar surface area (TPSA) is 39.9 Å². The van der Waals surface area contributed by atoms with Gasteiger partial charge in [0.1, 0.15) is 5.82 Å². The Morgan fingerprint density at radius 1 is 0.651 bits per heavy atom. The van der Waals surface area contributed by atoms with Crippen molar-refractivity contribution < 1.29 is 36.8 Å². The molecule has 0 aliphatic carbocycles. The molecule has 0 N–H and O–H groups in total. The average Bonchev–Trinajstić information content (AvgIpc) is 3.68. The van der Waals surface area contributed by atoms with E-state index in [1.54, 1.807) is 24.4 Å². The molecule has 322 valence electrons. The number of rotatable bonds is 7. The van der Waals surface area contributed by atoms with Crippen molar-refractivity contribution in [3.63, 3.8) is 0 Å². The van der Waals surface area contributed by atoms with Gasteiger partial charge in [-0.2, -0.15) is 7.11 Å². The summed E-state index contributed by atoms with van der Waals surface area (Å²) in [5.74, 6) is 0.981. The molecule has 4 nitrogen and oxygen atoms in total.